The number of pyridine rings is 1. The number of ketones is 1. The second-order valence-corrected chi connectivity index (χ2v) is 7.79. The molecule has 1 aliphatic rings. The lowest BCUT2D eigenvalue weighted by Gasteiger charge is -2.32. The van der Waals surface area contributed by atoms with Gasteiger partial charge >= 0.3 is 0 Å². The summed E-state index contributed by atoms with van der Waals surface area (Å²) in [6, 6.07) is 10.9. The molecule has 1 N–H and O–H groups in total. The Labute approximate surface area is 181 Å². The van der Waals surface area contributed by atoms with Gasteiger partial charge in [-0.25, -0.2) is 4.98 Å². The molecule has 4 rings (SSSR count). The molecule has 1 saturated heterocycles. The van der Waals surface area contributed by atoms with Crippen molar-refractivity contribution in [3.05, 3.63) is 53.9 Å². The largest absolute Gasteiger partial charge is 0.383 e. The molecule has 1 aliphatic heterocycles. The number of hydrogen-bond donors (Lipinski definition) is 1. The molecule has 0 radical (unpaired) electrons. The highest BCUT2D eigenvalue weighted by molar-refractivity contribution is 5.99. The number of benzene rings is 1. The molecule has 0 aliphatic carbocycles. The number of piperidine rings is 1. The van der Waals surface area contributed by atoms with E-state index in [-0.39, 0.29) is 17.6 Å². The van der Waals surface area contributed by atoms with Crippen LogP contribution in [0.4, 0.5) is 5.95 Å². The third-order valence-electron chi connectivity index (χ3n) is 5.71. The summed E-state index contributed by atoms with van der Waals surface area (Å²) in [7, 11) is 3.59. The molecular weight excluding hydrogens is 394 g/mol. The summed E-state index contributed by atoms with van der Waals surface area (Å²) in [4.78, 5) is 36.6. The number of anilines is 1. The molecule has 3 heterocycles. The van der Waals surface area contributed by atoms with Crippen LogP contribution in [0.5, 0.6) is 0 Å². The highest BCUT2D eigenvalue weighted by atomic mass is 16.5. The van der Waals surface area contributed by atoms with Gasteiger partial charge in [-0.2, -0.15) is 0 Å². The van der Waals surface area contributed by atoms with E-state index in [1.54, 1.807) is 30.3 Å². The Bertz CT molecular complexity index is 1080. The lowest BCUT2D eigenvalue weighted by molar-refractivity contribution is 0.0635. The summed E-state index contributed by atoms with van der Waals surface area (Å²) >= 11 is 0. The number of methoxy groups -OCH3 is 1. The van der Waals surface area contributed by atoms with Crippen LogP contribution in [0.25, 0.3) is 11.0 Å². The molecule has 162 valence electrons. The third-order valence-corrected chi connectivity index (χ3v) is 5.71. The van der Waals surface area contributed by atoms with Crippen molar-refractivity contribution in [1.82, 2.24) is 19.4 Å². The van der Waals surface area contributed by atoms with Crippen LogP contribution in [0.15, 0.2) is 42.6 Å². The number of hydrogen-bond acceptors (Lipinski definition) is 6. The van der Waals surface area contributed by atoms with E-state index in [1.165, 1.54) is 0 Å². The van der Waals surface area contributed by atoms with Gasteiger partial charge in [0.2, 0.25) is 5.95 Å². The van der Waals surface area contributed by atoms with E-state index in [1.807, 2.05) is 35.9 Å². The van der Waals surface area contributed by atoms with Crippen LogP contribution in [0.2, 0.25) is 0 Å². The number of Topliss-reactive ketones (excluding diaryl/α,β-unsaturated/α-hetero) is 1. The van der Waals surface area contributed by atoms with E-state index in [0.717, 1.165) is 29.8 Å². The zero-order chi connectivity index (χ0) is 21.8. The van der Waals surface area contributed by atoms with Crippen molar-refractivity contribution < 1.29 is 14.3 Å². The summed E-state index contributed by atoms with van der Waals surface area (Å²) in [5.74, 6) is 0.448. The first-order valence-corrected chi connectivity index (χ1v) is 10.5. The molecule has 8 heteroatoms. The summed E-state index contributed by atoms with van der Waals surface area (Å²) < 4.78 is 7.03. The Kier molecular flexibility index (Phi) is 6.27. The Hall–Kier alpha value is -3.26. The Morgan fingerprint density at radius 2 is 2.13 bits per heavy atom. The smallest absolute Gasteiger partial charge is 0.253 e. The molecule has 0 bridgehead atoms. The fraction of sp³-hybridized carbons (Fsp3) is 0.391. The number of imidazole rings is 1. The molecule has 1 aromatic carbocycles. The number of nitrogens with one attached hydrogen (secondary N) is 1. The second kappa shape index (κ2) is 9.26. The highest BCUT2D eigenvalue weighted by Gasteiger charge is 2.30. The van der Waals surface area contributed by atoms with Gasteiger partial charge in [-0.3, -0.25) is 14.6 Å². The van der Waals surface area contributed by atoms with E-state index in [4.69, 9.17) is 4.74 Å². The maximum Gasteiger partial charge on any atom is 0.253 e. The van der Waals surface area contributed by atoms with Crippen LogP contribution in [-0.2, 0) is 11.8 Å². The number of carbonyl (C=O) groups excluding carboxylic acids is 2. The van der Waals surface area contributed by atoms with Gasteiger partial charge < -0.3 is 19.5 Å². The van der Waals surface area contributed by atoms with Gasteiger partial charge in [0.15, 0.2) is 5.78 Å². The van der Waals surface area contributed by atoms with Gasteiger partial charge in [-0.1, -0.05) is 6.07 Å². The van der Waals surface area contributed by atoms with E-state index in [9.17, 15) is 9.59 Å². The predicted molar refractivity (Wildman–Crippen MR) is 118 cm³/mol. The summed E-state index contributed by atoms with van der Waals surface area (Å²) in [6.07, 6.45) is 3.20. The first kappa shape index (κ1) is 21.0. The minimum Gasteiger partial charge on any atom is -0.383 e. The standard InChI is InChI=1S/C23H27N5O3/c1-27-20-9-8-16(14-19(20)26-23(27)25-11-13-31-2)22(30)28-12-5-6-17(15-28)21(29)18-7-3-4-10-24-18/h3-4,7-10,14,17H,5-6,11-13,15H2,1-2H3,(H,25,26). The topological polar surface area (TPSA) is 89.3 Å². The number of amides is 1. The molecule has 3 aromatic rings. The lowest BCUT2D eigenvalue weighted by atomic mass is 9.91. The zero-order valence-corrected chi connectivity index (χ0v) is 17.9. The average Bonchev–Trinajstić information content (AvgIpc) is 3.13. The van der Waals surface area contributed by atoms with Crippen molar-refractivity contribution in [2.24, 2.45) is 13.0 Å². The van der Waals surface area contributed by atoms with Crippen molar-refractivity contribution in [1.29, 1.82) is 0 Å². The predicted octanol–water partition coefficient (Wildman–Crippen LogP) is 2.76. The number of ether oxygens (including phenoxy) is 1. The van der Waals surface area contributed by atoms with Crippen LogP contribution < -0.4 is 5.32 Å². The molecule has 8 nitrogen and oxygen atoms in total. The van der Waals surface area contributed by atoms with E-state index in [0.29, 0.717) is 37.5 Å². The maximum atomic E-state index is 13.2. The van der Waals surface area contributed by atoms with Gasteiger partial charge in [0.05, 0.1) is 17.6 Å². The number of carbonyl (C=O) groups is 2. The summed E-state index contributed by atoms with van der Waals surface area (Å²) in [6.45, 7) is 2.30. The van der Waals surface area contributed by atoms with Crippen LogP contribution in [0, 0.1) is 5.92 Å². The van der Waals surface area contributed by atoms with E-state index < -0.39 is 0 Å². The van der Waals surface area contributed by atoms with Gasteiger partial charge in [-0.05, 0) is 43.2 Å². The first-order chi connectivity index (χ1) is 15.1. The normalized spacial score (nSPS) is 16.5. The molecule has 1 amide bonds. The van der Waals surface area contributed by atoms with E-state index in [2.05, 4.69) is 15.3 Å². The Morgan fingerprint density at radius 1 is 1.26 bits per heavy atom. The van der Waals surface area contributed by atoms with Crippen molar-refractivity contribution >= 4 is 28.7 Å². The molecule has 1 unspecified atom stereocenters. The van der Waals surface area contributed by atoms with Gasteiger partial charge in [-0.15, -0.1) is 0 Å². The number of likely N-dealkylation sites (tertiary alicyclic amines) is 1. The van der Waals surface area contributed by atoms with Crippen LogP contribution >= 0.6 is 0 Å². The van der Waals surface area contributed by atoms with Crippen molar-refractivity contribution in [3.63, 3.8) is 0 Å². The summed E-state index contributed by atoms with van der Waals surface area (Å²) in [5, 5.41) is 3.24. The fourth-order valence-electron chi connectivity index (χ4n) is 4.03. The molecule has 0 spiro atoms. The van der Waals surface area contributed by atoms with Crippen LogP contribution in [-0.4, -0.2) is 64.5 Å². The monoisotopic (exact) mass is 421 g/mol. The molecular formula is C23H27N5O3. The second-order valence-electron chi connectivity index (χ2n) is 7.79. The average molecular weight is 422 g/mol. The fourth-order valence-corrected chi connectivity index (χ4v) is 4.03. The van der Waals surface area contributed by atoms with E-state index >= 15 is 0 Å². The van der Waals surface area contributed by atoms with Crippen molar-refractivity contribution in [2.45, 2.75) is 12.8 Å². The number of aromatic nitrogens is 3. The zero-order valence-electron chi connectivity index (χ0n) is 17.9. The lowest BCUT2D eigenvalue weighted by Crippen LogP contribution is -2.42. The minimum atomic E-state index is -0.220. The van der Waals surface area contributed by atoms with Crippen LogP contribution in [0.3, 0.4) is 0 Å². The van der Waals surface area contributed by atoms with Crippen molar-refractivity contribution in [3.8, 4) is 0 Å². The number of fused-ring (bicyclic) bond motifs is 1. The van der Waals surface area contributed by atoms with Gasteiger partial charge in [0, 0.05) is 51.5 Å². The Balaban J connectivity index is 1.50. The SMILES string of the molecule is COCCNc1nc2cc(C(=O)N3CCCC(C(=O)c4ccccn4)C3)ccc2n1C. The molecule has 0 saturated carbocycles. The van der Waals surface area contributed by atoms with Gasteiger partial charge in [0.25, 0.3) is 5.91 Å². The molecule has 1 fully saturated rings. The minimum absolute atomic E-state index is 0.00468. The molecule has 31 heavy (non-hydrogen) atoms. The maximum absolute atomic E-state index is 13.2. The molecule has 2 aromatic heterocycles. The Morgan fingerprint density at radius 3 is 2.90 bits per heavy atom. The van der Waals surface area contributed by atoms with Gasteiger partial charge in [0.1, 0.15) is 5.69 Å². The number of nitrogens with zero attached hydrogens (tertiary/aromatic N) is 4. The molecule has 1 atom stereocenters. The highest BCUT2D eigenvalue weighted by Crippen LogP contribution is 2.24. The third kappa shape index (κ3) is 4.44. The van der Waals surface area contributed by atoms with Crippen molar-refractivity contribution in [2.75, 3.05) is 38.7 Å². The van der Waals surface area contributed by atoms with Crippen LogP contribution in [0.1, 0.15) is 33.7 Å². The number of rotatable bonds is 7. The quantitative estimate of drug-likeness (QED) is 0.466. The first-order valence-electron chi connectivity index (χ1n) is 10.5. The summed E-state index contributed by atoms with van der Waals surface area (Å²) in [5.41, 5.74) is 2.75. The number of aryl methyl sites for hydroxylation is 1.